The second-order valence-electron chi connectivity index (χ2n) is 2.66. The Morgan fingerprint density at radius 3 is 1.92 bits per heavy atom. The molecule has 0 bridgehead atoms. The van der Waals surface area contributed by atoms with Crippen LogP contribution in [-0.4, -0.2) is 54.8 Å². The summed E-state index contributed by atoms with van der Waals surface area (Å²) in [6.45, 7) is 0. The van der Waals surface area contributed by atoms with Crippen molar-refractivity contribution in [3.8, 4) is 0 Å². The molecule has 0 amide bonds. The summed E-state index contributed by atoms with van der Waals surface area (Å²) in [5, 5.41) is 52.3. The molecule has 0 saturated carbocycles. The number of hydrogen-bond acceptors (Lipinski definition) is 7. The Labute approximate surface area is 67.1 Å². The predicted molar refractivity (Wildman–Crippen MR) is 32.1 cm³/mol. The Bertz CT molecular complexity index is 175. The van der Waals surface area contributed by atoms with Crippen LogP contribution in [0.5, 0.6) is 0 Å². The van der Waals surface area contributed by atoms with E-state index in [2.05, 4.69) is 4.74 Å². The summed E-state index contributed by atoms with van der Waals surface area (Å²) in [5.41, 5.74) is 0. The molecule has 3 atom stereocenters. The molecule has 1 aliphatic rings. The molecule has 1 fully saturated rings. The van der Waals surface area contributed by atoms with E-state index in [1.54, 1.807) is 0 Å². The fourth-order valence-corrected chi connectivity index (χ4v) is 0.987. The normalized spacial score (nSPS) is 43.5. The van der Waals surface area contributed by atoms with Crippen LogP contribution in [0.4, 0.5) is 0 Å². The molecule has 1 aliphatic heterocycles. The van der Waals surface area contributed by atoms with E-state index in [0.717, 1.165) is 0 Å². The van der Waals surface area contributed by atoms with Crippen molar-refractivity contribution >= 4 is 0 Å². The molecule has 6 N–H and O–H groups in total. The molecule has 0 spiro atoms. The molecular weight excluding hydrogens is 172 g/mol. The van der Waals surface area contributed by atoms with Crippen LogP contribution in [0.2, 0.25) is 0 Å². The first kappa shape index (κ1) is 9.81. The van der Waals surface area contributed by atoms with Gasteiger partial charge in [0.15, 0.2) is 6.29 Å². The third-order valence-corrected chi connectivity index (χ3v) is 1.67. The number of rotatable bonds is 1. The van der Waals surface area contributed by atoms with Gasteiger partial charge in [0, 0.05) is 6.42 Å². The fraction of sp³-hybridized carbons (Fsp3) is 1.00. The summed E-state index contributed by atoms with van der Waals surface area (Å²) in [4.78, 5) is 0. The van der Waals surface area contributed by atoms with Gasteiger partial charge >= 0.3 is 5.97 Å². The highest BCUT2D eigenvalue weighted by Crippen LogP contribution is 2.33. The van der Waals surface area contributed by atoms with E-state index in [1.165, 1.54) is 0 Å². The zero-order valence-corrected chi connectivity index (χ0v) is 5.95. The molecular formula is C5H10O7. The van der Waals surface area contributed by atoms with E-state index in [9.17, 15) is 0 Å². The molecule has 1 saturated heterocycles. The van der Waals surface area contributed by atoms with Crippen molar-refractivity contribution < 1.29 is 35.4 Å². The molecule has 1 heterocycles. The molecule has 7 heteroatoms. The molecule has 0 aromatic rings. The quantitative estimate of drug-likeness (QED) is 0.231. The second kappa shape index (κ2) is 2.60. The van der Waals surface area contributed by atoms with Crippen molar-refractivity contribution in [2.24, 2.45) is 0 Å². The maximum absolute atomic E-state index is 9.08. The Morgan fingerprint density at radius 1 is 1.25 bits per heavy atom. The van der Waals surface area contributed by atoms with E-state index in [-0.39, 0.29) is 0 Å². The second-order valence-corrected chi connectivity index (χ2v) is 2.66. The minimum absolute atomic E-state index is 0.417. The van der Waals surface area contributed by atoms with Gasteiger partial charge in [-0.1, -0.05) is 0 Å². The Morgan fingerprint density at radius 2 is 1.75 bits per heavy atom. The average Bonchev–Trinajstić information content (AvgIpc) is 2.06. The van der Waals surface area contributed by atoms with Gasteiger partial charge in [0.25, 0.3) is 5.79 Å². The van der Waals surface area contributed by atoms with Crippen LogP contribution in [0.25, 0.3) is 0 Å². The number of aliphatic hydroxyl groups excluding tert-OH is 2. The van der Waals surface area contributed by atoms with Gasteiger partial charge in [0.2, 0.25) is 0 Å². The lowest BCUT2D eigenvalue weighted by atomic mass is 10.1. The Balaban J connectivity index is 2.85. The van der Waals surface area contributed by atoms with Gasteiger partial charge in [-0.2, -0.15) is 0 Å². The van der Waals surface area contributed by atoms with E-state index < -0.39 is 30.6 Å². The number of aliphatic hydroxyl groups is 6. The molecule has 12 heavy (non-hydrogen) atoms. The van der Waals surface area contributed by atoms with Gasteiger partial charge in [-0.05, 0) is 0 Å². The smallest absolute Gasteiger partial charge is 0.335 e. The zero-order valence-electron chi connectivity index (χ0n) is 5.95. The molecule has 7 nitrogen and oxygen atoms in total. The van der Waals surface area contributed by atoms with E-state index >= 15 is 0 Å². The molecule has 0 aromatic carbocycles. The van der Waals surface area contributed by atoms with Gasteiger partial charge in [-0.25, -0.2) is 0 Å². The minimum atomic E-state index is -3.61. The van der Waals surface area contributed by atoms with E-state index in [4.69, 9.17) is 30.6 Å². The molecule has 0 aromatic heterocycles. The summed E-state index contributed by atoms with van der Waals surface area (Å²) < 4.78 is 4.14. The molecule has 0 radical (unpaired) electrons. The van der Waals surface area contributed by atoms with Gasteiger partial charge in [0.05, 0.1) is 0 Å². The first-order valence-corrected chi connectivity index (χ1v) is 3.21. The molecule has 0 aliphatic carbocycles. The topological polar surface area (TPSA) is 131 Å². The van der Waals surface area contributed by atoms with Crippen molar-refractivity contribution in [3.05, 3.63) is 0 Å². The third kappa shape index (κ3) is 1.31. The summed E-state index contributed by atoms with van der Waals surface area (Å²) in [6, 6.07) is 0. The van der Waals surface area contributed by atoms with Crippen molar-refractivity contribution in [1.29, 1.82) is 0 Å². The van der Waals surface area contributed by atoms with Crippen LogP contribution in [0.1, 0.15) is 6.42 Å². The SMILES string of the molecule is OC1CC(O)C(O)(C(O)(O)O)O1. The molecule has 1 rings (SSSR count). The predicted octanol–water partition coefficient (Wildman–Crippen LogP) is -3.59. The zero-order chi connectivity index (χ0) is 9.57. The van der Waals surface area contributed by atoms with Crippen LogP contribution in [0.15, 0.2) is 0 Å². The van der Waals surface area contributed by atoms with Gasteiger partial charge in [0.1, 0.15) is 6.10 Å². The fourth-order valence-electron chi connectivity index (χ4n) is 0.987. The van der Waals surface area contributed by atoms with Crippen molar-refractivity contribution in [2.75, 3.05) is 0 Å². The molecule has 3 unspecified atom stereocenters. The average molecular weight is 182 g/mol. The van der Waals surface area contributed by atoms with Crippen LogP contribution < -0.4 is 0 Å². The highest BCUT2D eigenvalue weighted by molar-refractivity contribution is 4.89. The van der Waals surface area contributed by atoms with Gasteiger partial charge in [-0.15, -0.1) is 0 Å². The lowest BCUT2D eigenvalue weighted by molar-refractivity contribution is -0.468. The van der Waals surface area contributed by atoms with Crippen LogP contribution in [0.3, 0.4) is 0 Å². The van der Waals surface area contributed by atoms with Crippen LogP contribution >= 0.6 is 0 Å². The number of hydrogen-bond donors (Lipinski definition) is 6. The Hall–Kier alpha value is -0.280. The molecule has 72 valence electrons. The van der Waals surface area contributed by atoms with Crippen molar-refractivity contribution in [3.63, 3.8) is 0 Å². The van der Waals surface area contributed by atoms with E-state index in [1.807, 2.05) is 0 Å². The summed E-state index contributed by atoms with van der Waals surface area (Å²) in [6.07, 6.45) is -3.73. The monoisotopic (exact) mass is 182 g/mol. The standard InChI is InChI=1S/C5H10O7/c6-2-1-3(7)12-4(2,8)5(9,10)11/h2-3,6-11H,1H2. The van der Waals surface area contributed by atoms with E-state index in [0.29, 0.717) is 0 Å². The first-order chi connectivity index (χ1) is 5.27. The van der Waals surface area contributed by atoms with Gasteiger partial charge < -0.3 is 35.4 Å². The maximum atomic E-state index is 9.08. The third-order valence-electron chi connectivity index (χ3n) is 1.67. The van der Waals surface area contributed by atoms with Crippen molar-refractivity contribution in [1.82, 2.24) is 0 Å². The number of ether oxygens (including phenoxy) is 1. The Kier molecular flexibility index (Phi) is 2.13. The summed E-state index contributed by atoms with van der Waals surface area (Å²) in [5.74, 6) is -6.57. The van der Waals surface area contributed by atoms with Crippen LogP contribution in [-0.2, 0) is 4.74 Å². The minimum Gasteiger partial charge on any atom is -0.387 e. The van der Waals surface area contributed by atoms with Crippen molar-refractivity contribution in [2.45, 2.75) is 30.6 Å². The summed E-state index contributed by atoms with van der Waals surface area (Å²) in [7, 11) is 0. The highest BCUT2D eigenvalue weighted by Gasteiger charge is 2.60. The lowest BCUT2D eigenvalue weighted by Gasteiger charge is -2.32. The lowest BCUT2D eigenvalue weighted by Crippen LogP contribution is -2.60. The summed E-state index contributed by atoms with van der Waals surface area (Å²) >= 11 is 0. The van der Waals surface area contributed by atoms with Crippen LogP contribution in [0, 0.1) is 0 Å². The highest BCUT2D eigenvalue weighted by atomic mass is 16.8. The first-order valence-electron chi connectivity index (χ1n) is 3.21. The van der Waals surface area contributed by atoms with Gasteiger partial charge in [-0.3, -0.25) is 0 Å². The largest absolute Gasteiger partial charge is 0.387 e. The maximum Gasteiger partial charge on any atom is 0.335 e.